The minimum atomic E-state index is 0.849. The van der Waals surface area contributed by atoms with Gasteiger partial charge >= 0.3 is 0 Å². The van der Waals surface area contributed by atoms with Gasteiger partial charge in [0.1, 0.15) is 0 Å². The van der Waals surface area contributed by atoms with Crippen molar-refractivity contribution in [1.82, 2.24) is 0 Å². The standard InChI is InChI=1S/C12H16S2/c1-4-6-8-13-10-12(3)11-14-9-7-5-2/h1-2H,3,6-11H2. The van der Waals surface area contributed by atoms with Crippen molar-refractivity contribution in [1.29, 1.82) is 0 Å². The highest BCUT2D eigenvalue weighted by atomic mass is 32.2. The van der Waals surface area contributed by atoms with Crippen molar-refractivity contribution in [2.75, 3.05) is 23.0 Å². The second-order valence-corrected chi connectivity index (χ2v) is 4.97. The number of thioether (sulfide) groups is 2. The van der Waals surface area contributed by atoms with E-state index >= 15 is 0 Å². The molecule has 0 rings (SSSR count). The summed E-state index contributed by atoms with van der Waals surface area (Å²) in [7, 11) is 0. The molecule has 0 nitrogen and oxygen atoms in total. The highest BCUT2D eigenvalue weighted by Crippen LogP contribution is 2.13. The molecule has 0 aliphatic carbocycles. The summed E-state index contributed by atoms with van der Waals surface area (Å²) in [4.78, 5) is 0. The van der Waals surface area contributed by atoms with Crippen LogP contribution in [0, 0.1) is 24.7 Å². The topological polar surface area (TPSA) is 0 Å². The van der Waals surface area contributed by atoms with Crippen LogP contribution in [-0.2, 0) is 0 Å². The van der Waals surface area contributed by atoms with Gasteiger partial charge in [-0.2, -0.15) is 23.5 Å². The van der Waals surface area contributed by atoms with Crippen LogP contribution in [0.15, 0.2) is 12.2 Å². The van der Waals surface area contributed by atoms with Crippen LogP contribution in [0.1, 0.15) is 12.8 Å². The lowest BCUT2D eigenvalue weighted by molar-refractivity contribution is 1.29. The fraction of sp³-hybridized carbons (Fsp3) is 0.500. The number of terminal acetylenes is 2. The summed E-state index contributed by atoms with van der Waals surface area (Å²) in [5, 5.41) is 0. The number of rotatable bonds is 8. The first-order valence-electron chi connectivity index (χ1n) is 4.50. The Bertz CT molecular complexity index is 206. The van der Waals surface area contributed by atoms with Gasteiger partial charge in [-0.1, -0.05) is 12.2 Å². The summed E-state index contributed by atoms with van der Waals surface area (Å²) in [5.41, 5.74) is 1.27. The lowest BCUT2D eigenvalue weighted by atomic mass is 10.4. The molecule has 0 fully saturated rings. The summed E-state index contributed by atoms with van der Waals surface area (Å²) < 4.78 is 0. The molecule has 14 heavy (non-hydrogen) atoms. The van der Waals surface area contributed by atoms with Gasteiger partial charge in [0.15, 0.2) is 0 Å². The highest BCUT2D eigenvalue weighted by Gasteiger charge is 1.95. The van der Waals surface area contributed by atoms with Crippen molar-refractivity contribution in [3.8, 4) is 24.7 Å². The van der Waals surface area contributed by atoms with Gasteiger partial charge in [0.2, 0.25) is 0 Å². The van der Waals surface area contributed by atoms with Crippen LogP contribution in [0.4, 0.5) is 0 Å². The molecule has 0 spiro atoms. The van der Waals surface area contributed by atoms with Crippen molar-refractivity contribution < 1.29 is 0 Å². The average molecular weight is 224 g/mol. The molecule has 0 saturated heterocycles. The monoisotopic (exact) mass is 224 g/mol. The molecular formula is C12H16S2. The second kappa shape index (κ2) is 10.6. The molecular weight excluding hydrogens is 208 g/mol. The zero-order chi connectivity index (χ0) is 10.6. The first kappa shape index (κ1) is 13.6. The smallest absolute Gasteiger partial charge is 0.0177 e. The zero-order valence-electron chi connectivity index (χ0n) is 8.42. The van der Waals surface area contributed by atoms with Crippen LogP contribution >= 0.6 is 23.5 Å². The predicted octanol–water partition coefficient (Wildman–Crippen LogP) is 3.06. The van der Waals surface area contributed by atoms with E-state index in [1.54, 1.807) is 0 Å². The molecule has 0 heterocycles. The van der Waals surface area contributed by atoms with Gasteiger partial charge in [0.05, 0.1) is 0 Å². The van der Waals surface area contributed by atoms with Crippen molar-refractivity contribution in [2.24, 2.45) is 0 Å². The Labute approximate surface area is 96.3 Å². The predicted molar refractivity (Wildman–Crippen MR) is 70.7 cm³/mol. The molecule has 0 aromatic carbocycles. The van der Waals surface area contributed by atoms with Gasteiger partial charge in [0, 0.05) is 35.9 Å². The molecule has 0 aromatic heterocycles. The molecule has 0 unspecified atom stereocenters. The Hall–Kier alpha value is -0.440. The maximum atomic E-state index is 5.15. The maximum absolute atomic E-state index is 5.15. The molecule has 2 heteroatoms. The van der Waals surface area contributed by atoms with E-state index in [-0.39, 0.29) is 0 Å². The first-order valence-corrected chi connectivity index (χ1v) is 6.81. The van der Waals surface area contributed by atoms with E-state index in [0.29, 0.717) is 0 Å². The van der Waals surface area contributed by atoms with Crippen molar-refractivity contribution in [3.05, 3.63) is 12.2 Å². The van der Waals surface area contributed by atoms with Gasteiger partial charge in [-0.3, -0.25) is 0 Å². The largest absolute Gasteiger partial charge is 0.157 e. The van der Waals surface area contributed by atoms with E-state index < -0.39 is 0 Å². The first-order chi connectivity index (χ1) is 6.81. The number of hydrogen-bond donors (Lipinski definition) is 0. The minimum Gasteiger partial charge on any atom is -0.157 e. The third kappa shape index (κ3) is 9.65. The number of hydrogen-bond acceptors (Lipinski definition) is 2. The molecule has 0 amide bonds. The van der Waals surface area contributed by atoms with E-state index in [9.17, 15) is 0 Å². The third-order valence-corrected chi connectivity index (χ3v) is 3.60. The van der Waals surface area contributed by atoms with Gasteiger partial charge < -0.3 is 0 Å². The van der Waals surface area contributed by atoms with Crippen molar-refractivity contribution in [3.63, 3.8) is 0 Å². The third-order valence-electron chi connectivity index (χ3n) is 1.39. The minimum absolute atomic E-state index is 0.849. The Balaban J connectivity index is 3.21. The normalized spacial score (nSPS) is 9.00. The Kier molecular flexibility index (Phi) is 10.3. The van der Waals surface area contributed by atoms with Crippen LogP contribution < -0.4 is 0 Å². The molecule has 0 radical (unpaired) electrons. The molecule has 0 aliphatic heterocycles. The van der Waals surface area contributed by atoms with Gasteiger partial charge in [-0.25, -0.2) is 0 Å². The van der Waals surface area contributed by atoms with E-state index in [1.165, 1.54) is 5.57 Å². The summed E-state index contributed by atoms with van der Waals surface area (Å²) in [6, 6.07) is 0. The van der Waals surface area contributed by atoms with Gasteiger partial charge in [-0.05, 0) is 0 Å². The van der Waals surface area contributed by atoms with Crippen molar-refractivity contribution in [2.45, 2.75) is 12.8 Å². The summed E-state index contributed by atoms with van der Waals surface area (Å²) >= 11 is 3.71. The van der Waals surface area contributed by atoms with E-state index in [4.69, 9.17) is 12.8 Å². The molecule has 0 atom stereocenters. The fourth-order valence-corrected chi connectivity index (χ4v) is 2.46. The summed E-state index contributed by atoms with van der Waals surface area (Å²) in [5.74, 6) is 9.35. The second-order valence-electron chi connectivity index (χ2n) is 2.76. The maximum Gasteiger partial charge on any atom is 0.0177 e. The molecule has 0 aromatic rings. The van der Waals surface area contributed by atoms with Crippen LogP contribution in [0.2, 0.25) is 0 Å². The van der Waals surface area contributed by atoms with Crippen LogP contribution in [-0.4, -0.2) is 23.0 Å². The highest BCUT2D eigenvalue weighted by molar-refractivity contribution is 8.00. The van der Waals surface area contributed by atoms with Gasteiger partial charge in [0.25, 0.3) is 0 Å². The Morgan fingerprint density at radius 3 is 1.79 bits per heavy atom. The van der Waals surface area contributed by atoms with Gasteiger partial charge in [-0.15, -0.1) is 24.7 Å². The molecule has 0 N–H and O–H groups in total. The Morgan fingerprint density at radius 2 is 1.43 bits per heavy atom. The summed E-state index contributed by atoms with van der Waals surface area (Å²) in [6.45, 7) is 4.00. The molecule has 0 aliphatic rings. The molecule has 76 valence electrons. The molecule has 0 saturated carbocycles. The quantitative estimate of drug-likeness (QED) is 0.353. The molecule has 0 bridgehead atoms. The lowest BCUT2D eigenvalue weighted by Gasteiger charge is -2.03. The van der Waals surface area contributed by atoms with Crippen LogP contribution in [0.5, 0.6) is 0 Å². The van der Waals surface area contributed by atoms with E-state index in [2.05, 4.69) is 18.4 Å². The fourth-order valence-electron chi connectivity index (χ4n) is 0.737. The average Bonchev–Trinajstić information content (AvgIpc) is 2.19. The van der Waals surface area contributed by atoms with Crippen LogP contribution in [0.25, 0.3) is 0 Å². The zero-order valence-corrected chi connectivity index (χ0v) is 10.1. The van der Waals surface area contributed by atoms with Crippen LogP contribution in [0.3, 0.4) is 0 Å². The van der Waals surface area contributed by atoms with Crippen molar-refractivity contribution >= 4 is 23.5 Å². The summed E-state index contributed by atoms with van der Waals surface area (Å²) in [6.07, 6.45) is 12.0. The SMILES string of the molecule is C#CCCSCC(=C)CSCCC#C. The Morgan fingerprint density at radius 1 is 1.00 bits per heavy atom. The van der Waals surface area contributed by atoms with E-state index in [1.807, 2.05) is 23.5 Å². The lowest BCUT2D eigenvalue weighted by Crippen LogP contribution is -1.92. The van der Waals surface area contributed by atoms with E-state index in [0.717, 1.165) is 35.9 Å².